The van der Waals surface area contributed by atoms with Crippen LogP contribution in [-0.4, -0.2) is 61.5 Å². The van der Waals surface area contributed by atoms with Crippen molar-refractivity contribution in [3.05, 3.63) is 24.0 Å². The number of anilines is 1. The molecular weight excluding hydrogens is 240 g/mol. The molecule has 0 aromatic carbocycles. The minimum atomic E-state index is -0.0292. The lowest BCUT2D eigenvalue weighted by atomic mass is 10.2. The van der Waals surface area contributed by atoms with Crippen molar-refractivity contribution in [2.45, 2.75) is 13.3 Å². The van der Waals surface area contributed by atoms with E-state index in [9.17, 15) is 4.79 Å². The maximum atomic E-state index is 12.2. The Hall–Kier alpha value is -1.62. The van der Waals surface area contributed by atoms with Gasteiger partial charge in [0.25, 0.3) is 5.91 Å². The summed E-state index contributed by atoms with van der Waals surface area (Å²) in [5.41, 5.74) is 1.42. The lowest BCUT2D eigenvalue weighted by Crippen LogP contribution is -2.30. The molecule has 0 aliphatic heterocycles. The van der Waals surface area contributed by atoms with Crippen LogP contribution in [0.1, 0.15) is 23.8 Å². The minimum absolute atomic E-state index is 0.0292. The summed E-state index contributed by atoms with van der Waals surface area (Å²) in [4.78, 5) is 20.2. The van der Waals surface area contributed by atoms with Crippen LogP contribution in [0, 0.1) is 0 Å². The summed E-state index contributed by atoms with van der Waals surface area (Å²) < 4.78 is 0. The molecule has 0 radical (unpaired) electrons. The molecule has 0 aliphatic rings. The molecule has 5 nitrogen and oxygen atoms in total. The van der Waals surface area contributed by atoms with Gasteiger partial charge in [-0.1, -0.05) is 0 Å². The highest BCUT2D eigenvalue weighted by molar-refractivity contribution is 5.92. The van der Waals surface area contributed by atoms with Crippen LogP contribution in [0.15, 0.2) is 18.3 Å². The Morgan fingerprint density at radius 2 is 2.05 bits per heavy atom. The largest absolute Gasteiger partial charge is 0.385 e. The topological polar surface area (TPSA) is 48.5 Å². The molecule has 0 bridgehead atoms. The van der Waals surface area contributed by atoms with Gasteiger partial charge < -0.3 is 15.1 Å². The van der Waals surface area contributed by atoms with Gasteiger partial charge in [0.1, 0.15) is 5.69 Å². The fourth-order valence-corrected chi connectivity index (χ4v) is 1.78. The Morgan fingerprint density at radius 3 is 2.68 bits per heavy atom. The summed E-state index contributed by atoms with van der Waals surface area (Å²) in [7, 11) is 5.88. The number of amides is 1. The maximum Gasteiger partial charge on any atom is 0.272 e. The molecule has 1 N–H and O–H groups in total. The molecule has 1 rings (SSSR count). The molecule has 0 saturated heterocycles. The highest BCUT2D eigenvalue weighted by Gasteiger charge is 2.13. The Morgan fingerprint density at radius 1 is 1.32 bits per heavy atom. The third-order valence-corrected chi connectivity index (χ3v) is 2.81. The van der Waals surface area contributed by atoms with Crippen LogP contribution in [0.2, 0.25) is 0 Å². The Bertz CT molecular complexity index is 406. The van der Waals surface area contributed by atoms with Crippen LogP contribution in [-0.2, 0) is 0 Å². The first-order chi connectivity index (χ1) is 9.04. The number of hydrogen-bond donors (Lipinski definition) is 1. The molecule has 0 aliphatic carbocycles. The van der Waals surface area contributed by atoms with E-state index >= 15 is 0 Å². The van der Waals surface area contributed by atoms with Gasteiger partial charge in [0.05, 0.1) is 0 Å². The van der Waals surface area contributed by atoms with Gasteiger partial charge in [0.15, 0.2) is 0 Å². The molecule has 1 aromatic heterocycles. The van der Waals surface area contributed by atoms with Gasteiger partial charge in [0, 0.05) is 32.0 Å². The zero-order chi connectivity index (χ0) is 14.3. The van der Waals surface area contributed by atoms with Crippen LogP contribution in [0.4, 0.5) is 5.69 Å². The molecule has 0 atom stereocenters. The lowest BCUT2D eigenvalue weighted by Gasteiger charge is -2.18. The number of aromatic nitrogens is 1. The lowest BCUT2D eigenvalue weighted by molar-refractivity contribution is 0.0785. The average molecular weight is 264 g/mol. The first-order valence-electron chi connectivity index (χ1n) is 6.64. The van der Waals surface area contributed by atoms with E-state index in [-0.39, 0.29) is 5.91 Å². The fourth-order valence-electron chi connectivity index (χ4n) is 1.78. The Balaban J connectivity index is 2.58. The molecule has 0 unspecified atom stereocenters. The molecule has 106 valence electrons. The third-order valence-electron chi connectivity index (χ3n) is 2.81. The summed E-state index contributed by atoms with van der Waals surface area (Å²) in [6, 6.07) is 3.67. The number of rotatable bonds is 7. The van der Waals surface area contributed by atoms with Crippen molar-refractivity contribution in [1.29, 1.82) is 0 Å². The highest BCUT2D eigenvalue weighted by atomic mass is 16.2. The van der Waals surface area contributed by atoms with Gasteiger partial charge in [-0.15, -0.1) is 0 Å². The second-order valence-electron chi connectivity index (χ2n) is 4.84. The maximum absolute atomic E-state index is 12.2. The predicted octanol–water partition coefficient (Wildman–Crippen LogP) is 1.54. The molecule has 1 amide bonds. The number of pyridine rings is 1. The van der Waals surface area contributed by atoms with Crippen LogP contribution >= 0.6 is 0 Å². The van der Waals surface area contributed by atoms with Gasteiger partial charge in [0.2, 0.25) is 0 Å². The SMILES string of the molecule is CCNc1ccnc(C(=O)N(C)CCCN(C)C)c1. The van der Waals surface area contributed by atoms with Gasteiger partial charge >= 0.3 is 0 Å². The van der Waals surface area contributed by atoms with Crippen molar-refractivity contribution < 1.29 is 4.79 Å². The number of nitrogens with one attached hydrogen (secondary N) is 1. The summed E-state index contributed by atoms with van der Waals surface area (Å²) in [5, 5.41) is 3.18. The van der Waals surface area contributed by atoms with E-state index in [0.717, 1.165) is 31.7 Å². The number of nitrogens with zero attached hydrogens (tertiary/aromatic N) is 3. The zero-order valence-electron chi connectivity index (χ0n) is 12.3. The van der Waals surface area contributed by atoms with Gasteiger partial charge in [-0.25, -0.2) is 0 Å². The zero-order valence-corrected chi connectivity index (χ0v) is 12.3. The molecule has 0 spiro atoms. The molecular formula is C14H24N4O. The Kier molecular flexibility index (Phi) is 6.29. The van der Waals surface area contributed by atoms with Crippen molar-refractivity contribution in [2.75, 3.05) is 46.1 Å². The summed E-state index contributed by atoms with van der Waals surface area (Å²) in [5.74, 6) is -0.0292. The first-order valence-corrected chi connectivity index (χ1v) is 6.64. The van der Waals surface area contributed by atoms with Crippen molar-refractivity contribution in [1.82, 2.24) is 14.8 Å². The van der Waals surface area contributed by atoms with E-state index < -0.39 is 0 Å². The van der Waals surface area contributed by atoms with Gasteiger partial charge in [-0.3, -0.25) is 9.78 Å². The van der Waals surface area contributed by atoms with Gasteiger partial charge in [-0.2, -0.15) is 0 Å². The molecule has 1 aromatic rings. The standard InChI is InChI=1S/C14H24N4O/c1-5-15-12-7-8-16-13(11-12)14(19)18(4)10-6-9-17(2)3/h7-8,11H,5-6,9-10H2,1-4H3,(H,15,16). The smallest absolute Gasteiger partial charge is 0.272 e. The quantitative estimate of drug-likeness (QED) is 0.811. The van der Waals surface area contributed by atoms with Gasteiger partial charge in [-0.05, 0) is 46.1 Å². The van der Waals surface area contributed by atoms with Crippen LogP contribution in [0.25, 0.3) is 0 Å². The van der Waals surface area contributed by atoms with Crippen LogP contribution in [0.5, 0.6) is 0 Å². The first kappa shape index (κ1) is 15.4. The van der Waals surface area contributed by atoms with E-state index in [2.05, 4.69) is 15.2 Å². The monoisotopic (exact) mass is 264 g/mol. The van der Waals surface area contributed by atoms with E-state index in [1.165, 1.54) is 0 Å². The molecule has 5 heteroatoms. The molecule has 0 fully saturated rings. The minimum Gasteiger partial charge on any atom is -0.385 e. The summed E-state index contributed by atoms with van der Waals surface area (Å²) in [6.45, 7) is 4.57. The molecule has 19 heavy (non-hydrogen) atoms. The fraction of sp³-hybridized carbons (Fsp3) is 0.571. The number of hydrogen-bond acceptors (Lipinski definition) is 4. The van der Waals surface area contributed by atoms with Crippen molar-refractivity contribution in [3.8, 4) is 0 Å². The van der Waals surface area contributed by atoms with Crippen molar-refractivity contribution >= 4 is 11.6 Å². The number of carbonyl (C=O) groups is 1. The molecule has 0 saturated carbocycles. The van der Waals surface area contributed by atoms with Crippen molar-refractivity contribution in [2.24, 2.45) is 0 Å². The average Bonchev–Trinajstić information content (AvgIpc) is 2.38. The summed E-state index contributed by atoms with van der Waals surface area (Å²) in [6.07, 6.45) is 2.63. The molecule has 1 heterocycles. The normalized spacial score (nSPS) is 10.6. The Labute approximate surface area is 115 Å². The second-order valence-corrected chi connectivity index (χ2v) is 4.84. The third kappa shape index (κ3) is 5.26. The van der Waals surface area contributed by atoms with E-state index in [1.807, 2.05) is 34.1 Å². The second kappa shape index (κ2) is 7.74. The van der Waals surface area contributed by atoms with E-state index in [4.69, 9.17) is 0 Å². The summed E-state index contributed by atoms with van der Waals surface area (Å²) >= 11 is 0. The van der Waals surface area contributed by atoms with E-state index in [0.29, 0.717) is 5.69 Å². The van der Waals surface area contributed by atoms with Crippen molar-refractivity contribution in [3.63, 3.8) is 0 Å². The predicted molar refractivity (Wildman–Crippen MR) is 78.5 cm³/mol. The number of carbonyl (C=O) groups excluding carboxylic acids is 1. The van der Waals surface area contributed by atoms with E-state index in [1.54, 1.807) is 17.2 Å². The van der Waals surface area contributed by atoms with Crippen LogP contribution in [0.3, 0.4) is 0 Å². The van der Waals surface area contributed by atoms with Crippen LogP contribution < -0.4 is 5.32 Å². The highest BCUT2D eigenvalue weighted by Crippen LogP contribution is 2.09.